The SMILES string of the molecule is CCCc1ccc(C(=O)N2CCC(C(C)(C)S(=O)(=O)c3cccc(C(F)(F)F)c3)CC2)cc1. The van der Waals surface area contributed by atoms with Gasteiger partial charge in [-0.3, -0.25) is 4.79 Å². The molecule has 0 atom stereocenters. The minimum Gasteiger partial charge on any atom is -0.339 e. The summed E-state index contributed by atoms with van der Waals surface area (Å²) in [4.78, 5) is 14.3. The molecule has 3 rings (SSSR count). The van der Waals surface area contributed by atoms with Gasteiger partial charge in [0.15, 0.2) is 9.84 Å². The summed E-state index contributed by atoms with van der Waals surface area (Å²) in [6.07, 6.45) is -1.71. The second-order valence-electron chi connectivity index (χ2n) is 9.15. The molecule has 8 heteroatoms. The van der Waals surface area contributed by atoms with Gasteiger partial charge in [-0.25, -0.2) is 8.42 Å². The quantitative estimate of drug-likeness (QED) is 0.527. The molecule has 0 radical (unpaired) electrons. The summed E-state index contributed by atoms with van der Waals surface area (Å²) in [6, 6.07) is 11.5. The molecular formula is C25H30F3NO3S. The molecule has 0 aliphatic carbocycles. The lowest BCUT2D eigenvalue weighted by molar-refractivity contribution is -0.137. The second-order valence-corrected chi connectivity index (χ2v) is 11.7. The van der Waals surface area contributed by atoms with Gasteiger partial charge in [-0.2, -0.15) is 13.2 Å². The highest BCUT2D eigenvalue weighted by Gasteiger charge is 2.45. The third kappa shape index (κ3) is 5.26. The van der Waals surface area contributed by atoms with Crippen molar-refractivity contribution in [3.8, 4) is 0 Å². The third-order valence-corrected chi connectivity index (χ3v) is 9.26. The van der Waals surface area contributed by atoms with Gasteiger partial charge in [0.1, 0.15) is 0 Å². The maximum Gasteiger partial charge on any atom is 0.416 e. The highest BCUT2D eigenvalue weighted by Crippen LogP contribution is 2.39. The fourth-order valence-electron chi connectivity index (χ4n) is 4.43. The number of rotatable bonds is 6. The lowest BCUT2D eigenvalue weighted by atomic mass is 9.85. The molecule has 0 saturated carbocycles. The van der Waals surface area contributed by atoms with Crippen LogP contribution in [0.15, 0.2) is 53.4 Å². The zero-order chi connectivity index (χ0) is 24.4. The lowest BCUT2D eigenvalue weighted by Gasteiger charge is -2.40. The zero-order valence-corrected chi connectivity index (χ0v) is 20.0. The predicted molar refractivity (Wildman–Crippen MR) is 122 cm³/mol. The fraction of sp³-hybridized carbons (Fsp3) is 0.480. The average Bonchev–Trinajstić information content (AvgIpc) is 2.79. The number of carbonyl (C=O) groups excluding carboxylic acids is 1. The van der Waals surface area contributed by atoms with Crippen molar-refractivity contribution in [2.45, 2.75) is 62.3 Å². The summed E-state index contributed by atoms with van der Waals surface area (Å²) in [7, 11) is -4.02. The molecule has 2 aromatic carbocycles. The molecule has 0 bridgehead atoms. The number of hydrogen-bond acceptors (Lipinski definition) is 3. The Balaban J connectivity index is 1.72. The van der Waals surface area contributed by atoms with E-state index in [9.17, 15) is 26.4 Å². The molecule has 0 aromatic heterocycles. The molecule has 4 nitrogen and oxygen atoms in total. The predicted octanol–water partition coefficient (Wildman–Crippen LogP) is 5.76. The van der Waals surface area contributed by atoms with E-state index in [1.807, 2.05) is 24.3 Å². The summed E-state index contributed by atoms with van der Waals surface area (Å²) >= 11 is 0. The molecule has 1 amide bonds. The lowest BCUT2D eigenvalue weighted by Crippen LogP contribution is -2.47. The van der Waals surface area contributed by atoms with Crippen LogP contribution in [-0.4, -0.2) is 37.1 Å². The Labute approximate surface area is 193 Å². The summed E-state index contributed by atoms with van der Waals surface area (Å²) in [5.41, 5.74) is 0.795. The molecule has 1 aliphatic heterocycles. The van der Waals surface area contributed by atoms with Crippen LogP contribution in [0.2, 0.25) is 0 Å². The number of alkyl halides is 3. The number of likely N-dealkylation sites (tertiary alicyclic amines) is 1. The molecule has 1 aliphatic rings. The van der Waals surface area contributed by atoms with Crippen LogP contribution in [0.3, 0.4) is 0 Å². The van der Waals surface area contributed by atoms with E-state index in [-0.39, 0.29) is 16.7 Å². The monoisotopic (exact) mass is 481 g/mol. The Kier molecular flexibility index (Phi) is 7.27. The number of carbonyl (C=O) groups is 1. The first-order chi connectivity index (χ1) is 15.4. The Morgan fingerprint density at radius 1 is 1.03 bits per heavy atom. The average molecular weight is 482 g/mol. The minimum atomic E-state index is -4.61. The van der Waals surface area contributed by atoms with Crippen LogP contribution < -0.4 is 0 Å². The van der Waals surface area contributed by atoms with Crippen LogP contribution in [0.1, 0.15) is 61.5 Å². The van der Waals surface area contributed by atoms with Gasteiger partial charge in [0.25, 0.3) is 5.91 Å². The maximum absolute atomic E-state index is 13.3. The third-order valence-electron chi connectivity index (χ3n) is 6.67. The summed E-state index contributed by atoms with van der Waals surface area (Å²) in [5, 5.41) is 0. The smallest absolute Gasteiger partial charge is 0.339 e. The van der Waals surface area contributed by atoms with Crippen LogP contribution in [0.5, 0.6) is 0 Å². The van der Waals surface area contributed by atoms with E-state index in [0.717, 1.165) is 25.0 Å². The highest BCUT2D eigenvalue weighted by atomic mass is 32.2. The zero-order valence-electron chi connectivity index (χ0n) is 19.2. The molecule has 1 fully saturated rings. The number of sulfone groups is 1. The van der Waals surface area contributed by atoms with Crippen LogP contribution in [0, 0.1) is 5.92 Å². The Hall–Kier alpha value is -2.35. The molecule has 1 heterocycles. The van der Waals surface area contributed by atoms with Crippen molar-refractivity contribution in [1.82, 2.24) is 4.90 Å². The Bertz CT molecular complexity index is 1080. The highest BCUT2D eigenvalue weighted by molar-refractivity contribution is 7.92. The number of aryl methyl sites for hydroxylation is 1. The van der Waals surface area contributed by atoms with Gasteiger partial charge < -0.3 is 4.90 Å². The van der Waals surface area contributed by atoms with Crippen molar-refractivity contribution in [2.75, 3.05) is 13.1 Å². The van der Waals surface area contributed by atoms with Crippen molar-refractivity contribution in [3.63, 3.8) is 0 Å². The first kappa shape index (κ1) is 25.3. The van der Waals surface area contributed by atoms with Crippen LogP contribution in [0.25, 0.3) is 0 Å². The van der Waals surface area contributed by atoms with Crippen LogP contribution in [-0.2, 0) is 22.4 Å². The number of halogens is 3. The van der Waals surface area contributed by atoms with E-state index in [4.69, 9.17) is 0 Å². The summed E-state index contributed by atoms with van der Waals surface area (Å²) < 4.78 is 64.6. The largest absolute Gasteiger partial charge is 0.416 e. The number of benzene rings is 2. The fourth-order valence-corrected chi connectivity index (χ4v) is 6.25. The maximum atomic E-state index is 13.3. The molecule has 180 valence electrons. The van der Waals surface area contributed by atoms with Gasteiger partial charge in [-0.05, 0) is 74.9 Å². The molecule has 33 heavy (non-hydrogen) atoms. The van der Waals surface area contributed by atoms with E-state index in [1.54, 1.807) is 18.7 Å². The second kappa shape index (κ2) is 9.49. The molecular weight excluding hydrogens is 451 g/mol. The number of hydrogen-bond donors (Lipinski definition) is 0. The van der Waals surface area contributed by atoms with Crippen LogP contribution in [0.4, 0.5) is 13.2 Å². The molecule has 0 unspecified atom stereocenters. The van der Waals surface area contributed by atoms with Gasteiger partial charge in [0.05, 0.1) is 15.2 Å². The van der Waals surface area contributed by atoms with Gasteiger partial charge in [-0.15, -0.1) is 0 Å². The standard InChI is InChI=1S/C25H30F3NO3S/c1-4-6-18-9-11-19(12-10-18)23(30)29-15-13-20(14-16-29)24(2,3)33(31,32)22-8-5-7-21(17-22)25(26,27)28/h5,7-12,17,20H,4,6,13-16H2,1-3H3. The molecule has 0 spiro atoms. The Morgan fingerprint density at radius 3 is 2.18 bits per heavy atom. The van der Waals surface area contributed by atoms with E-state index in [0.29, 0.717) is 37.6 Å². The molecule has 0 N–H and O–H groups in total. The van der Waals surface area contributed by atoms with E-state index >= 15 is 0 Å². The van der Waals surface area contributed by atoms with Gasteiger partial charge in [0, 0.05) is 18.7 Å². The van der Waals surface area contributed by atoms with Gasteiger partial charge in [0.2, 0.25) is 0 Å². The van der Waals surface area contributed by atoms with Gasteiger partial charge in [-0.1, -0.05) is 31.5 Å². The van der Waals surface area contributed by atoms with E-state index < -0.39 is 26.3 Å². The van der Waals surface area contributed by atoms with E-state index in [2.05, 4.69) is 6.92 Å². The number of piperidine rings is 1. The van der Waals surface area contributed by atoms with Crippen molar-refractivity contribution in [2.24, 2.45) is 5.92 Å². The normalized spacial score (nSPS) is 16.1. The first-order valence-corrected chi connectivity index (χ1v) is 12.7. The van der Waals surface area contributed by atoms with Crippen LogP contribution >= 0.6 is 0 Å². The van der Waals surface area contributed by atoms with Crippen molar-refractivity contribution in [3.05, 3.63) is 65.2 Å². The number of amides is 1. The Morgan fingerprint density at radius 2 is 1.64 bits per heavy atom. The number of nitrogens with zero attached hydrogens (tertiary/aromatic N) is 1. The first-order valence-electron chi connectivity index (χ1n) is 11.2. The molecule has 2 aromatic rings. The van der Waals surface area contributed by atoms with E-state index in [1.165, 1.54) is 11.6 Å². The van der Waals surface area contributed by atoms with Gasteiger partial charge >= 0.3 is 6.18 Å². The summed E-state index contributed by atoms with van der Waals surface area (Å²) in [6.45, 7) is 6.04. The topological polar surface area (TPSA) is 54.5 Å². The molecule has 1 saturated heterocycles. The van der Waals surface area contributed by atoms with Crippen molar-refractivity contribution >= 4 is 15.7 Å². The summed E-state index contributed by atoms with van der Waals surface area (Å²) in [5.74, 6) is -0.372. The van der Waals surface area contributed by atoms with Crippen molar-refractivity contribution < 1.29 is 26.4 Å². The van der Waals surface area contributed by atoms with Crippen molar-refractivity contribution in [1.29, 1.82) is 0 Å². The minimum absolute atomic E-state index is 0.0879.